The monoisotopic (exact) mass is 219 g/mol. The van der Waals surface area contributed by atoms with Crippen LogP contribution in [0.2, 0.25) is 0 Å². The summed E-state index contributed by atoms with van der Waals surface area (Å²) in [6.45, 7) is 5.31. The normalized spacial score (nSPS) is 14.7. The molecular formula is C10H21NO4. The molecule has 0 aliphatic carbocycles. The minimum Gasteiger partial charge on any atom is -0.469 e. The molecule has 5 heteroatoms. The third-order valence-electron chi connectivity index (χ3n) is 2.27. The number of hydrogen-bond acceptors (Lipinski definition) is 5. The van der Waals surface area contributed by atoms with E-state index in [1.54, 1.807) is 0 Å². The molecule has 0 saturated carbocycles. The second-order valence-corrected chi connectivity index (χ2v) is 3.39. The third kappa shape index (κ3) is 6.43. The molecule has 5 nitrogen and oxygen atoms in total. The number of hydrogen-bond donors (Lipinski definition) is 2. The van der Waals surface area contributed by atoms with Gasteiger partial charge >= 0.3 is 5.97 Å². The third-order valence-corrected chi connectivity index (χ3v) is 2.27. The van der Waals surface area contributed by atoms with E-state index in [0.29, 0.717) is 19.8 Å². The first-order chi connectivity index (χ1) is 7.13. The van der Waals surface area contributed by atoms with E-state index in [-0.39, 0.29) is 24.5 Å². The molecule has 0 amide bonds. The van der Waals surface area contributed by atoms with E-state index in [2.05, 4.69) is 10.1 Å². The van der Waals surface area contributed by atoms with Crippen LogP contribution in [0.3, 0.4) is 0 Å². The maximum atomic E-state index is 11.2. The molecule has 0 aromatic heterocycles. The van der Waals surface area contributed by atoms with E-state index in [0.717, 1.165) is 0 Å². The van der Waals surface area contributed by atoms with Crippen molar-refractivity contribution in [2.24, 2.45) is 5.92 Å². The Morgan fingerprint density at radius 2 is 2.07 bits per heavy atom. The van der Waals surface area contributed by atoms with E-state index in [1.165, 1.54) is 7.11 Å². The lowest BCUT2D eigenvalue weighted by Gasteiger charge is -2.19. The molecule has 2 N–H and O–H groups in total. The number of nitrogens with one attached hydrogen (secondary N) is 1. The van der Waals surface area contributed by atoms with Crippen LogP contribution in [0.1, 0.15) is 13.8 Å². The van der Waals surface area contributed by atoms with Crippen LogP contribution in [0.4, 0.5) is 0 Å². The molecule has 0 aromatic carbocycles. The van der Waals surface area contributed by atoms with Crippen LogP contribution < -0.4 is 5.32 Å². The van der Waals surface area contributed by atoms with Gasteiger partial charge in [-0.2, -0.15) is 0 Å². The van der Waals surface area contributed by atoms with Crippen molar-refractivity contribution in [3.8, 4) is 0 Å². The first kappa shape index (κ1) is 14.3. The Balaban J connectivity index is 3.55. The number of carbonyl (C=O) groups excluding carboxylic acids is 1. The zero-order valence-corrected chi connectivity index (χ0v) is 9.66. The lowest BCUT2D eigenvalue weighted by molar-refractivity contribution is -0.145. The predicted octanol–water partition coefficient (Wildman–Crippen LogP) is -0.217. The van der Waals surface area contributed by atoms with E-state index in [1.807, 2.05) is 13.8 Å². The van der Waals surface area contributed by atoms with Crippen molar-refractivity contribution >= 4 is 5.97 Å². The molecule has 0 heterocycles. The number of methoxy groups -OCH3 is 1. The topological polar surface area (TPSA) is 67.8 Å². The van der Waals surface area contributed by atoms with Gasteiger partial charge in [-0.05, 0) is 6.92 Å². The summed E-state index contributed by atoms with van der Waals surface area (Å²) < 4.78 is 9.71. The van der Waals surface area contributed by atoms with Crippen LogP contribution in [0.25, 0.3) is 0 Å². The number of ether oxygens (including phenoxy) is 2. The van der Waals surface area contributed by atoms with Crippen molar-refractivity contribution in [2.45, 2.75) is 19.9 Å². The minimum absolute atomic E-state index is 0.0358. The molecule has 90 valence electrons. The Labute approximate surface area is 90.8 Å². The summed E-state index contributed by atoms with van der Waals surface area (Å²) in [6.07, 6.45) is 0. The van der Waals surface area contributed by atoms with Crippen molar-refractivity contribution in [1.29, 1.82) is 0 Å². The summed E-state index contributed by atoms with van der Waals surface area (Å²) in [5, 5.41) is 11.6. The summed E-state index contributed by atoms with van der Waals surface area (Å²) in [5.41, 5.74) is 0. The lowest BCUT2D eigenvalue weighted by atomic mass is 10.0. The van der Waals surface area contributed by atoms with E-state index < -0.39 is 0 Å². The van der Waals surface area contributed by atoms with Crippen molar-refractivity contribution in [3.63, 3.8) is 0 Å². The molecular weight excluding hydrogens is 198 g/mol. The average molecular weight is 219 g/mol. The van der Waals surface area contributed by atoms with Gasteiger partial charge in [-0.15, -0.1) is 0 Å². The summed E-state index contributed by atoms with van der Waals surface area (Å²) in [6, 6.07) is 0.0511. The zero-order valence-electron chi connectivity index (χ0n) is 9.66. The van der Waals surface area contributed by atoms with Gasteiger partial charge < -0.3 is 19.9 Å². The number of rotatable bonds is 8. The first-order valence-electron chi connectivity index (χ1n) is 5.13. The quantitative estimate of drug-likeness (QED) is 0.436. The number of aliphatic hydroxyl groups is 1. The van der Waals surface area contributed by atoms with E-state index >= 15 is 0 Å². The van der Waals surface area contributed by atoms with Gasteiger partial charge in [0.05, 0.1) is 32.8 Å². The highest BCUT2D eigenvalue weighted by molar-refractivity contribution is 5.72. The fraction of sp³-hybridized carbons (Fsp3) is 0.900. The molecule has 0 bridgehead atoms. The van der Waals surface area contributed by atoms with Gasteiger partial charge in [-0.25, -0.2) is 0 Å². The van der Waals surface area contributed by atoms with Crippen LogP contribution in [0.5, 0.6) is 0 Å². The second kappa shape index (κ2) is 8.64. The van der Waals surface area contributed by atoms with Crippen molar-refractivity contribution in [1.82, 2.24) is 5.32 Å². The summed E-state index contributed by atoms with van der Waals surface area (Å²) in [7, 11) is 1.38. The maximum absolute atomic E-state index is 11.2. The molecule has 0 radical (unpaired) electrons. The second-order valence-electron chi connectivity index (χ2n) is 3.39. The fourth-order valence-electron chi connectivity index (χ4n) is 1.09. The van der Waals surface area contributed by atoms with Gasteiger partial charge in [0.25, 0.3) is 0 Å². The molecule has 15 heavy (non-hydrogen) atoms. The highest BCUT2D eigenvalue weighted by Crippen LogP contribution is 2.03. The van der Waals surface area contributed by atoms with Crippen LogP contribution >= 0.6 is 0 Å². The standard InChI is InChI=1S/C10H21NO4/c1-8(10(13)14-3)9(2)11-4-6-15-7-5-12/h8-9,11-12H,4-7H2,1-3H3. The van der Waals surface area contributed by atoms with Gasteiger partial charge in [0, 0.05) is 12.6 Å². The average Bonchev–Trinajstić information content (AvgIpc) is 2.26. The van der Waals surface area contributed by atoms with E-state index in [4.69, 9.17) is 9.84 Å². The smallest absolute Gasteiger partial charge is 0.309 e. The molecule has 0 rings (SSSR count). The van der Waals surface area contributed by atoms with Gasteiger partial charge in [-0.1, -0.05) is 6.92 Å². The lowest BCUT2D eigenvalue weighted by Crippen LogP contribution is -2.38. The summed E-state index contributed by atoms with van der Waals surface area (Å²) in [4.78, 5) is 11.2. The molecule has 0 aliphatic rings. The van der Waals surface area contributed by atoms with Gasteiger partial charge in [-0.3, -0.25) is 4.79 Å². The first-order valence-corrected chi connectivity index (χ1v) is 5.13. The Kier molecular flexibility index (Phi) is 8.27. The number of esters is 1. The summed E-state index contributed by atoms with van der Waals surface area (Å²) in [5.74, 6) is -0.390. The number of aliphatic hydroxyl groups excluding tert-OH is 1. The van der Waals surface area contributed by atoms with Gasteiger partial charge in [0.15, 0.2) is 0 Å². The predicted molar refractivity (Wildman–Crippen MR) is 56.5 cm³/mol. The van der Waals surface area contributed by atoms with Crippen LogP contribution in [0.15, 0.2) is 0 Å². The van der Waals surface area contributed by atoms with Gasteiger partial charge in [0.2, 0.25) is 0 Å². The summed E-state index contributed by atoms with van der Waals surface area (Å²) >= 11 is 0. The van der Waals surface area contributed by atoms with Gasteiger partial charge in [0.1, 0.15) is 0 Å². The Morgan fingerprint density at radius 3 is 2.60 bits per heavy atom. The molecule has 0 spiro atoms. The molecule has 2 unspecified atom stereocenters. The van der Waals surface area contributed by atoms with Crippen molar-refractivity contribution in [2.75, 3.05) is 33.5 Å². The molecule has 2 atom stereocenters. The van der Waals surface area contributed by atoms with Crippen LogP contribution in [-0.2, 0) is 14.3 Å². The number of carbonyl (C=O) groups is 1. The maximum Gasteiger partial charge on any atom is 0.309 e. The fourth-order valence-corrected chi connectivity index (χ4v) is 1.09. The molecule has 0 saturated heterocycles. The van der Waals surface area contributed by atoms with Crippen molar-refractivity contribution < 1.29 is 19.4 Å². The highest BCUT2D eigenvalue weighted by Gasteiger charge is 2.19. The van der Waals surface area contributed by atoms with Crippen LogP contribution in [0, 0.1) is 5.92 Å². The minimum atomic E-state index is -0.216. The Bertz CT molecular complexity index is 175. The molecule has 0 fully saturated rings. The Morgan fingerprint density at radius 1 is 1.40 bits per heavy atom. The largest absolute Gasteiger partial charge is 0.469 e. The molecule has 0 aromatic rings. The van der Waals surface area contributed by atoms with Crippen LogP contribution in [-0.4, -0.2) is 50.6 Å². The molecule has 0 aliphatic heterocycles. The van der Waals surface area contributed by atoms with E-state index in [9.17, 15) is 4.79 Å². The zero-order chi connectivity index (χ0) is 11.7. The SMILES string of the molecule is COC(=O)C(C)C(C)NCCOCCO. The highest BCUT2D eigenvalue weighted by atomic mass is 16.5. The van der Waals surface area contributed by atoms with Crippen molar-refractivity contribution in [3.05, 3.63) is 0 Å². The Hall–Kier alpha value is -0.650.